The number of rotatable bonds is 2. The summed E-state index contributed by atoms with van der Waals surface area (Å²) in [6, 6.07) is 7.40. The van der Waals surface area contributed by atoms with Crippen LogP contribution in [0.25, 0.3) is 0 Å². The third-order valence-corrected chi connectivity index (χ3v) is 3.53. The van der Waals surface area contributed by atoms with Gasteiger partial charge in [0.15, 0.2) is 5.13 Å². The first kappa shape index (κ1) is 14.5. The van der Waals surface area contributed by atoms with Crippen LogP contribution in [-0.2, 0) is 5.41 Å². The molecule has 0 atom stereocenters. The maximum Gasteiger partial charge on any atom is 0.325 e. The Morgan fingerprint density at radius 2 is 2.00 bits per heavy atom. The third-order valence-electron chi connectivity index (χ3n) is 2.77. The average molecular weight is 289 g/mol. The fraction of sp³-hybridized carbons (Fsp3) is 0.333. The smallest absolute Gasteiger partial charge is 0.308 e. The summed E-state index contributed by atoms with van der Waals surface area (Å²) in [5.74, 6) is 0. The Balaban J connectivity index is 2.00. The maximum absolute atomic E-state index is 11.9. The van der Waals surface area contributed by atoms with Crippen LogP contribution in [0.15, 0.2) is 29.6 Å². The number of carbonyl (C=O) groups excluding carboxylic acids is 1. The highest BCUT2D eigenvalue weighted by Gasteiger charge is 2.18. The van der Waals surface area contributed by atoms with Gasteiger partial charge in [0.1, 0.15) is 0 Å². The number of anilines is 2. The lowest BCUT2D eigenvalue weighted by Gasteiger charge is -2.14. The van der Waals surface area contributed by atoms with E-state index in [1.807, 2.05) is 36.6 Å². The molecule has 0 aliphatic rings. The zero-order valence-corrected chi connectivity index (χ0v) is 13.0. The van der Waals surface area contributed by atoms with E-state index in [1.165, 1.54) is 11.3 Å². The molecular formula is C15H19N3OS. The van der Waals surface area contributed by atoms with Gasteiger partial charge in [0.2, 0.25) is 0 Å². The SMILES string of the molecule is Cc1cccc(NC(=O)Nc2nc(C(C)(C)C)cs2)c1. The van der Waals surface area contributed by atoms with Crippen molar-refractivity contribution in [3.05, 3.63) is 40.9 Å². The molecule has 0 bridgehead atoms. The molecule has 0 radical (unpaired) electrons. The van der Waals surface area contributed by atoms with Gasteiger partial charge in [-0.05, 0) is 24.6 Å². The van der Waals surface area contributed by atoms with Crippen LogP contribution in [-0.4, -0.2) is 11.0 Å². The molecule has 0 saturated heterocycles. The van der Waals surface area contributed by atoms with Gasteiger partial charge in [-0.3, -0.25) is 5.32 Å². The summed E-state index contributed by atoms with van der Waals surface area (Å²) >= 11 is 1.44. The zero-order chi connectivity index (χ0) is 14.8. The number of hydrogen-bond donors (Lipinski definition) is 2. The fourth-order valence-electron chi connectivity index (χ4n) is 1.66. The molecule has 0 unspecified atom stereocenters. The standard InChI is InChI=1S/C15H19N3OS/c1-10-6-5-7-11(8-10)16-13(19)18-14-17-12(9-20-14)15(2,3)4/h5-9H,1-4H3,(H2,16,17,18,19). The van der Waals surface area contributed by atoms with Crippen molar-refractivity contribution in [3.8, 4) is 0 Å². The van der Waals surface area contributed by atoms with Crippen molar-refractivity contribution in [2.24, 2.45) is 0 Å². The zero-order valence-electron chi connectivity index (χ0n) is 12.2. The molecule has 2 aromatic rings. The Kier molecular flexibility index (Phi) is 4.09. The Morgan fingerprint density at radius 3 is 2.60 bits per heavy atom. The van der Waals surface area contributed by atoms with Crippen LogP contribution in [0.5, 0.6) is 0 Å². The number of thiazole rings is 1. The third kappa shape index (κ3) is 3.81. The summed E-state index contributed by atoms with van der Waals surface area (Å²) in [5.41, 5.74) is 2.85. The van der Waals surface area contributed by atoms with E-state index in [1.54, 1.807) is 0 Å². The molecule has 1 aromatic carbocycles. The first-order chi connectivity index (χ1) is 9.34. The van der Waals surface area contributed by atoms with Gasteiger partial charge in [-0.2, -0.15) is 0 Å². The second-order valence-corrected chi connectivity index (χ2v) is 6.59. The molecule has 2 rings (SSSR count). The van der Waals surface area contributed by atoms with Gasteiger partial charge in [0, 0.05) is 16.5 Å². The van der Waals surface area contributed by atoms with Gasteiger partial charge in [0.25, 0.3) is 0 Å². The lowest BCUT2D eigenvalue weighted by molar-refractivity contribution is 0.262. The van der Waals surface area contributed by atoms with Gasteiger partial charge in [-0.1, -0.05) is 32.9 Å². The number of carbonyl (C=O) groups is 1. The molecule has 2 N–H and O–H groups in total. The van der Waals surface area contributed by atoms with E-state index in [2.05, 4.69) is 36.4 Å². The molecule has 1 heterocycles. The predicted molar refractivity (Wildman–Crippen MR) is 84.6 cm³/mol. The molecule has 5 heteroatoms. The van der Waals surface area contributed by atoms with Gasteiger partial charge in [-0.25, -0.2) is 9.78 Å². The first-order valence-electron chi connectivity index (χ1n) is 6.45. The molecular weight excluding hydrogens is 270 g/mol. The highest BCUT2D eigenvalue weighted by Crippen LogP contribution is 2.26. The van der Waals surface area contributed by atoms with Gasteiger partial charge in [0.05, 0.1) is 5.69 Å². The van der Waals surface area contributed by atoms with Crippen LogP contribution in [0.1, 0.15) is 32.0 Å². The molecule has 4 nitrogen and oxygen atoms in total. The molecule has 0 saturated carbocycles. The number of aromatic nitrogens is 1. The van der Waals surface area contributed by atoms with Crippen molar-refractivity contribution in [1.29, 1.82) is 0 Å². The van der Waals surface area contributed by atoms with Crippen LogP contribution in [0.4, 0.5) is 15.6 Å². The number of amides is 2. The number of hydrogen-bond acceptors (Lipinski definition) is 3. The normalized spacial score (nSPS) is 11.2. The van der Waals surface area contributed by atoms with E-state index >= 15 is 0 Å². The van der Waals surface area contributed by atoms with Gasteiger partial charge < -0.3 is 5.32 Å². The van der Waals surface area contributed by atoms with Crippen molar-refractivity contribution < 1.29 is 4.79 Å². The maximum atomic E-state index is 11.9. The topological polar surface area (TPSA) is 54.0 Å². The Hall–Kier alpha value is -1.88. The summed E-state index contributed by atoms with van der Waals surface area (Å²) in [4.78, 5) is 16.3. The van der Waals surface area contributed by atoms with Gasteiger partial charge in [-0.15, -0.1) is 11.3 Å². The molecule has 0 aliphatic heterocycles. The lowest BCUT2D eigenvalue weighted by atomic mass is 9.93. The number of aryl methyl sites for hydroxylation is 1. The number of nitrogens with zero attached hydrogens (tertiary/aromatic N) is 1. The minimum Gasteiger partial charge on any atom is -0.308 e. The summed E-state index contributed by atoms with van der Waals surface area (Å²) in [6.45, 7) is 8.27. The summed E-state index contributed by atoms with van der Waals surface area (Å²) in [7, 11) is 0. The van der Waals surface area contributed by atoms with E-state index in [4.69, 9.17) is 0 Å². The fourth-order valence-corrected chi connectivity index (χ4v) is 2.59. The lowest BCUT2D eigenvalue weighted by Crippen LogP contribution is -2.19. The molecule has 0 aliphatic carbocycles. The van der Waals surface area contributed by atoms with E-state index in [-0.39, 0.29) is 11.4 Å². The number of benzene rings is 1. The van der Waals surface area contributed by atoms with Crippen molar-refractivity contribution >= 4 is 28.2 Å². The van der Waals surface area contributed by atoms with Crippen molar-refractivity contribution in [1.82, 2.24) is 4.98 Å². The van der Waals surface area contributed by atoms with Crippen LogP contribution in [0, 0.1) is 6.92 Å². The second-order valence-electron chi connectivity index (χ2n) is 5.74. The summed E-state index contributed by atoms with van der Waals surface area (Å²) in [5, 5.41) is 8.14. The Bertz CT molecular complexity index is 614. The van der Waals surface area contributed by atoms with Crippen molar-refractivity contribution in [3.63, 3.8) is 0 Å². The quantitative estimate of drug-likeness (QED) is 0.861. The van der Waals surface area contributed by atoms with E-state index in [9.17, 15) is 4.79 Å². The first-order valence-corrected chi connectivity index (χ1v) is 7.33. The van der Waals surface area contributed by atoms with Crippen molar-refractivity contribution in [2.75, 3.05) is 10.6 Å². The molecule has 2 amide bonds. The van der Waals surface area contributed by atoms with Crippen LogP contribution < -0.4 is 10.6 Å². The predicted octanol–water partition coefficient (Wildman–Crippen LogP) is 4.39. The minimum atomic E-state index is -0.273. The Morgan fingerprint density at radius 1 is 1.25 bits per heavy atom. The Labute approximate surface area is 123 Å². The van der Waals surface area contributed by atoms with E-state index in [0.717, 1.165) is 16.9 Å². The van der Waals surface area contributed by atoms with Crippen LogP contribution >= 0.6 is 11.3 Å². The molecule has 1 aromatic heterocycles. The van der Waals surface area contributed by atoms with E-state index < -0.39 is 0 Å². The molecule has 106 valence electrons. The number of urea groups is 1. The summed E-state index contributed by atoms with van der Waals surface area (Å²) in [6.07, 6.45) is 0. The average Bonchev–Trinajstić information content (AvgIpc) is 2.76. The second kappa shape index (κ2) is 5.63. The number of nitrogens with one attached hydrogen (secondary N) is 2. The van der Waals surface area contributed by atoms with E-state index in [0.29, 0.717) is 5.13 Å². The molecule has 20 heavy (non-hydrogen) atoms. The van der Waals surface area contributed by atoms with Crippen LogP contribution in [0.2, 0.25) is 0 Å². The summed E-state index contributed by atoms with van der Waals surface area (Å²) < 4.78 is 0. The molecule has 0 spiro atoms. The largest absolute Gasteiger partial charge is 0.325 e. The minimum absolute atomic E-state index is 0.0105. The monoisotopic (exact) mass is 289 g/mol. The van der Waals surface area contributed by atoms with Gasteiger partial charge >= 0.3 is 6.03 Å². The van der Waals surface area contributed by atoms with Crippen LogP contribution in [0.3, 0.4) is 0 Å². The highest BCUT2D eigenvalue weighted by atomic mass is 32.1. The molecule has 0 fully saturated rings. The highest BCUT2D eigenvalue weighted by molar-refractivity contribution is 7.14. The van der Waals surface area contributed by atoms with Crippen molar-refractivity contribution in [2.45, 2.75) is 33.1 Å².